The third-order valence-corrected chi connectivity index (χ3v) is 5.08. The molecule has 0 unspecified atom stereocenters. The van der Waals surface area contributed by atoms with Gasteiger partial charge in [0.05, 0.1) is 17.9 Å². The molecule has 0 aromatic carbocycles. The lowest BCUT2D eigenvalue weighted by Gasteiger charge is -2.21. The molecule has 130 valence electrons. The normalized spacial score (nSPS) is 15.7. The van der Waals surface area contributed by atoms with Gasteiger partial charge in [0.2, 0.25) is 0 Å². The van der Waals surface area contributed by atoms with E-state index in [2.05, 4.69) is 15.4 Å². The van der Waals surface area contributed by atoms with Gasteiger partial charge in [0, 0.05) is 31.9 Å². The number of carbonyl (C=O) groups is 1. The molecule has 2 aromatic rings. The molecular weight excluding hydrogens is 304 g/mol. The molecule has 2 aromatic heterocycles. The van der Waals surface area contributed by atoms with Crippen molar-refractivity contribution in [1.29, 1.82) is 0 Å². The smallest absolute Gasteiger partial charge is 0.276 e. The van der Waals surface area contributed by atoms with E-state index in [-0.39, 0.29) is 5.91 Å². The van der Waals surface area contributed by atoms with Crippen molar-refractivity contribution in [3.8, 4) is 0 Å². The van der Waals surface area contributed by atoms with E-state index in [0.717, 1.165) is 29.8 Å². The Morgan fingerprint density at radius 3 is 2.62 bits per heavy atom. The summed E-state index contributed by atoms with van der Waals surface area (Å²) in [6, 6.07) is 0.390. The van der Waals surface area contributed by atoms with E-state index in [1.54, 1.807) is 18.1 Å². The molecule has 1 aliphatic carbocycles. The van der Waals surface area contributed by atoms with Crippen molar-refractivity contribution < 1.29 is 4.79 Å². The topological polar surface area (TPSA) is 68.8 Å². The Balaban J connectivity index is 1.70. The highest BCUT2D eigenvalue weighted by Gasteiger charge is 2.22. The molecule has 0 saturated heterocycles. The Bertz CT molecular complexity index is 726. The summed E-state index contributed by atoms with van der Waals surface area (Å²) in [5.74, 6) is -0.0975. The molecule has 1 fully saturated rings. The van der Waals surface area contributed by atoms with Gasteiger partial charge in [-0.1, -0.05) is 24.5 Å². The third-order valence-electron chi connectivity index (χ3n) is 5.08. The van der Waals surface area contributed by atoms with Crippen LogP contribution in [0.2, 0.25) is 0 Å². The second-order valence-corrected chi connectivity index (χ2v) is 6.81. The summed E-state index contributed by atoms with van der Waals surface area (Å²) in [7, 11) is 3.72. The molecule has 0 aliphatic heterocycles. The Morgan fingerprint density at radius 2 is 2.00 bits per heavy atom. The van der Waals surface area contributed by atoms with Crippen LogP contribution >= 0.6 is 0 Å². The minimum atomic E-state index is -0.0975. The second kappa shape index (κ2) is 6.75. The summed E-state index contributed by atoms with van der Waals surface area (Å²) in [6.07, 6.45) is 7.81. The van der Waals surface area contributed by atoms with Gasteiger partial charge in [-0.25, -0.2) is 4.68 Å². The van der Waals surface area contributed by atoms with Crippen molar-refractivity contribution in [3.63, 3.8) is 0 Å². The summed E-state index contributed by atoms with van der Waals surface area (Å²) in [6.45, 7) is 4.52. The zero-order valence-corrected chi connectivity index (χ0v) is 15.0. The van der Waals surface area contributed by atoms with Gasteiger partial charge in [-0.15, -0.1) is 5.10 Å². The fourth-order valence-electron chi connectivity index (χ4n) is 3.45. The van der Waals surface area contributed by atoms with Crippen LogP contribution in [0.1, 0.15) is 65.6 Å². The molecule has 0 radical (unpaired) electrons. The SMILES string of the molecule is Cc1nn(C)c(C)c1CN(C)C(=O)c1cn(C2CCCCC2)nn1. The first-order valence-electron chi connectivity index (χ1n) is 8.63. The van der Waals surface area contributed by atoms with Crippen LogP contribution in [0.25, 0.3) is 0 Å². The van der Waals surface area contributed by atoms with Gasteiger partial charge >= 0.3 is 0 Å². The van der Waals surface area contributed by atoms with Crippen molar-refractivity contribution in [2.45, 2.75) is 58.5 Å². The number of aromatic nitrogens is 5. The third kappa shape index (κ3) is 3.20. The average Bonchev–Trinajstić information content (AvgIpc) is 3.16. The lowest BCUT2D eigenvalue weighted by molar-refractivity contribution is 0.0778. The molecule has 0 N–H and O–H groups in total. The number of hydrogen-bond donors (Lipinski definition) is 0. The molecule has 1 amide bonds. The first-order valence-corrected chi connectivity index (χ1v) is 8.63. The van der Waals surface area contributed by atoms with Crippen molar-refractivity contribution in [2.24, 2.45) is 7.05 Å². The van der Waals surface area contributed by atoms with E-state index >= 15 is 0 Å². The second-order valence-electron chi connectivity index (χ2n) is 6.81. The summed E-state index contributed by atoms with van der Waals surface area (Å²) in [4.78, 5) is 14.3. The van der Waals surface area contributed by atoms with Gasteiger partial charge < -0.3 is 4.90 Å². The Hall–Kier alpha value is -2.18. The van der Waals surface area contributed by atoms with E-state index in [9.17, 15) is 4.79 Å². The lowest BCUT2D eigenvalue weighted by Crippen LogP contribution is -2.27. The number of aryl methyl sites for hydroxylation is 2. The van der Waals surface area contributed by atoms with E-state index in [0.29, 0.717) is 18.3 Å². The quantitative estimate of drug-likeness (QED) is 0.863. The van der Waals surface area contributed by atoms with Crippen molar-refractivity contribution in [3.05, 3.63) is 28.8 Å². The summed E-state index contributed by atoms with van der Waals surface area (Å²) >= 11 is 0. The minimum absolute atomic E-state index is 0.0975. The van der Waals surface area contributed by atoms with Gasteiger partial charge in [-0.05, 0) is 26.7 Å². The molecule has 1 aliphatic rings. The average molecular weight is 330 g/mol. The predicted molar refractivity (Wildman–Crippen MR) is 90.6 cm³/mol. The van der Waals surface area contributed by atoms with Gasteiger partial charge in [0.15, 0.2) is 5.69 Å². The Kier molecular flexibility index (Phi) is 4.69. The van der Waals surface area contributed by atoms with Gasteiger partial charge in [-0.2, -0.15) is 5.10 Å². The maximum atomic E-state index is 12.7. The summed E-state index contributed by atoms with van der Waals surface area (Å²) in [5.41, 5.74) is 3.55. The summed E-state index contributed by atoms with van der Waals surface area (Å²) in [5, 5.41) is 12.7. The van der Waals surface area contributed by atoms with Gasteiger partial charge in [0.25, 0.3) is 5.91 Å². The highest BCUT2D eigenvalue weighted by molar-refractivity contribution is 5.91. The molecule has 7 nitrogen and oxygen atoms in total. The number of nitrogens with zero attached hydrogens (tertiary/aromatic N) is 6. The largest absolute Gasteiger partial charge is 0.336 e. The first-order chi connectivity index (χ1) is 11.5. The van der Waals surface area contributed by atoms with E-state index in [1.807, 2.05) is 30.3 Å². The van der Waals surface area contributed by atoms with Crippen LogP contribution in [-0.2, 0) is 13.6 Å². The highest BCUT2D eigenvalue weighted by Crippen LogP contribution is 2.27. The standard InChI is InChI=1S/C17H26N6O/c1-12-15(13(2)22(4)19-12)10-21(3)17(24)16-11-23(20-18-16)14-8-6-5-7-9-14/h11,14H,5-10H2,1-4H3. The molecule has 0 atom stereocenters. The maximum absolute atomic E-state index is 12.7. The van der Waals surface area contributed by atoms with E-state index in [1.165, 1.54) is 19.3 Å². The number of carbonyl (C=O) groups excluding carboxylic acids is 1. The molecule has 2 heterocycles. The van der Waals surface area contributed by atoms with Crippen LogP contribution < -0.4 is 0 Å². The highest BCUT2D eigenvalue weighted by atomic mass is 16.2. The van der Waals surface area contributed by atoms with Gasteiger partial charge in [-0.3, -0.25) is 9.48 Å². The van der Waals surface area contributed by atoms with Crippen molar-refractivity contribution >= 4 is 5.91 Å². The first kappa shape index (κ1) is 16.7. The Morgan fingerprint density at radius 1 is 1.29 bits per heavy atom. The minimum Gasteiger partial charge on any atom is -0.336 e. The van der Waals surface area contributed by atoms with Crippen LogP contribution in [0.15, 0.2) is 6.20 Å². The molecule has 3 rings (SSSR count). The lowest BCUT2D eigenvalue weighted by atomic mass is 9.96. The van der Waals surface area contributed by atoms with Crippen molar-refractivity contribution in [2.75, 3.05) is 7.05 Å². The maximum Gasteiger partial charge on any atom is 0.276 e. The van der Waals surface area contributed by atoms with Crippen LogP contribution in [-0.4, -0.2) is 42.6 Å². The molecule has 7 heteroatoms. The van der Waals surface area contributed by atoms with E-state index < -0.39 is 0 Å². The zero-order chi connectivity index (χ0) is 17.3. The molecule has 0 spiro atoms. The molecule has 0 bridgehead atoms. The zero-order valence-electron chi connectivity index (χ0n) is 15.0. The molecule has 1 saturated carbocycles. The molecular formula is C17H26N6O. The van der Waals surface area contributed by atoms with E-state index in [4.69, 9.17) is 0 Å². The van der Waals surface area contributed by atoms with Crippen LogP contribution in [0.3, 0.4) is 0 Å². The molecule has 24 heavy (non-hydrogen) atoms. The van der Waals surface area contributed by atoms with Crippen LogP contribution in [0, 0.1) is 13.8 Å². The fraction of sp³-hybridized carbons (Fsp3) is 0.647. The van der Waals surface area contributed by atoms with Gasteiger partial charge in [0.1, 0.15) is 0 Å². The summed E-state index contributed by atoms with van der Waals surface area (Å²) < 4.78 is 3.73. The van der Waals surface area contributed by atoms with Crippen molar-refractivity contribution in [1.82, 2.24) is 29.7 Å². The van der Waals surface area contributed by atoms with Crippen LogP contribution in [0.4, 0.5) is 0 Å². The predicted octanol–water partition coefficient (Wildman–Crippen LogP) is 2.41. The van der Waals surface area contributed by atoms with Crippen LogP contribution in [0.5, 0.6) is 0 Å². The fourth-order valence-corrected chi connectivity index (χ4v) is 3.45. The Labute approximate surface area is 142 Å². The number of hydrogen-bond acceptors (Lipinski definition) is 4. The number of amides is 1. The number of rotatable bonds is 4. The monoisotopic (exact) mass is 330 g/mol.